The van der Waals surface area contributed by atoms with E-state index in [2.05, 4.69) is 48.1 Å². The summed E-state index contributed by atoms with van der Waals surface area (Å²) < 4.78 is 0. The molecule has 1 heterocycles. The smallest absolute Gasteiger partial charge is 0.0376 e. The van der Waals surface area contributed by atoms with Crippen molar-refractivity contribution in [3.05, 3.63) is 42.5 Å². The number of nitrogens with one attached hydrogen (secondary N) is 1. The van der Waals surface area contributed by atoms with Crippen LogP contribution in [0, 0.1) is 0 Å². The first-order chi connectivity index (χ1) is 8.31. The predicted molar refractivity (Wildman–Crippen MR) is 74.6 cm³/mol. The summed E-state index contributed by atoms with van der Waals surface area (Å²) in [6.07, 6.45) is 4.30. The van der Waals surface area contributed by atoms with Gasteiger partial charge in [-0.15, -0.1) is 6.58 Å². The molecule has 1 N–H and O–H groups in total. The molecule has 0 radical (unpaired) electrons. The number of fused-ring (bicyclic) bond motifs is 1. The molecule has 1 aromatic rings. The van der Waals surface area contributed by atoms with Crippen LogP contribution in [0.25, 0.3) is 0 Å². The number of hydrogen-bond acceptors (Lipinski definition) is 2. The summed E-state index contributed by atoms with van der Waals surface area (Å²) in [7, 11) is 2.19. The van der Waals surface area contributed by atoms with Crippen molar-refractivity contribution in [2.24, 2.45) is 0 Å². The van der Waals surface area contributed by atoms with Gasteiger partial charge in [0.15, 0.2) is 0 Å². The molecule has 2 rings (SSSR count). The Bertz CT molecular complexity index is 373. The van der Waals surface area contributed by atoms with E-state index in [1.54, 1.807) is 0 Å². The zero-order chi connectivity index (χ0) is 12.1. The molecule has 1 unspecified atom stereocenters. The molecule has 0 fully saturated rings. The van der Waals surface area contributed by atoms with Gasteiger partial charge in [0.1, 0.15) is 0 Å². The number of para-hydroxylation sites is 1. The van der Waals surface area contributed by atoms with Crippen molar-refractivity contribution in [2.75, 3.05) is 32.0 Å². The molecule has 0 aromatic heterocycles. The molecule has 0 spiro atoms. The van der Waals surface area contributed by atoms with Crippen LogP contribution in [0.1, 0.15) is 24.3 Å². The van der Waals surface area contributed by atoms with E-state index < -0.39 is 0 Å². The molecular formula is C15H22N2. The second-order valence-corrected chi connectivity index (χ2v) is 4.83. The first-order valence-electron chi connectivity index (χ1n) is 6.43. The van der Waals surface area contributed by atoms with Crippen molar-refractivity contribution < 1.29 is 0 Å². The fourth-order valence-corrected chi connectivity index (χ4v) is 2.41. The van der Waals surface area contributed by atoms with Gasteiger partial charge in [0.2, 0.25) is 0 Å². The van der Waals surface area contributed by atoms with E-state index in [1.807, 2.05) is 6.08 Å². The SMILES string of the molecule is C=CCCN(C)CCC1CNc2ccccc21. The maximum atomic E-state index is 3.76. The molecule has 0 amide bonds. The highest BCUT2D eigenvalue weighted by Gasteiger charge is 2.21. The van der Waals surface area contributed by atoms with Crippen LogP contribution in [0.5, 0.6) is 0 Å². The first kappa shape index (κ1) is 12.2. The van der Waals surface area contributed by atoms with Crippen LogP contribution in [0.2, 0.25) is 0 Å². The maximum Gasteiger partial charge on any atom is 0.0376 e. The van der Waals surface area contributed by atoms with Crippen LogP contribution in [0.3, 0.4) is 0 Å². The highest BCUT2D eigenvalue weighted by Crippen LogP contribution is 2.33. The van der Waals surface area contributed by atoms with Crippen LogP contribution in [0.15, 0.2) is 36.9 Å². The Morgan fingerprint density at radius 3 is 3.06 bits per heavy atom. The number of rotatable bonds is 6. The van der Waals surface area contributed by atoms with Gasteiger partial charge in [0.25, 0.3) is 0 Å². The van der Waals surface area contributed by atoms with Crippen molar-refractivity contribution >= 4 is 5.69 Å². The Morgan fingerprint density at radius 1 is 1.41 bits per heavy atom. The summed E-state index contributed by atoms with van der Waals surface area (Å²) in [6, 6.07) is 8.67. The minimum atomic E-state index is 0.678. The number of benzene rings is 1. The van der Waals surface area contributed by atoms with Gasteiger partial charge >= 0.3 is 0 Å². The molecule has 0 saturated carbocycles. The van der Waals surface area contributed by atoms with Crippen molar-refractivity contribution in [1.82, 2.24) is 4.90 Å². The average Bonchev–Trinajstić information content (AvgIpc) is 2.77. The normalized spacial score (nSPS) is 17.9. The van der Waals surface area contributed by atoms with E-state index in [4.69, 9.17) is 0 Å². The Hall–Kier alpha value is -1.28. The molecule has 2 heteroatoms. The molecule has 1 aromatic carbocycles. The minimum Gasteiger partial charge on any atom is -0.384 e. The minimum absolute atomic E-state index is 0.678. The van der Waals surface area contributed by atoms with E-state index in [9.17, 15) is 0 Å². The largest absolute Gasteiger partial charge is 0.384 e. The first-order valence-corrected chi connectivity index (χ1v) is 6.43. The lowest BCUT2D eigenvalue weighted by atomic mass is 9.98. The summed E-state index contributed by atoms with van der Waals surface area (Å²) >= 11 is 0. The quantitative estimate of drug-likeness (QED) is 0.755. The van der Waals surface area contributed by atoms with Gasteiger partial charge < -0.3 is 10.2 Å². The van der Waals surface area contributed by atoms with Crippen molar-refractivity contribution in [3.8, 4) is 0 Å². The molecule has 1 atom stereocenters. The monoisotopic (exact) mass is 230 g/mol. The zero-order valence-corrected chi connectivity index (χ0v) is 10.7. The lowest BCUT2D eigenvalue weighted by Crippen LogP contribution is -2.22. The summed E-state index contributed by atoms with van der Waals surface area (Å²) in [4.78, 5) is 2.39. The Balaban J connectivity index is 1.83. The molecule has 0 saturated heterocycles. The maximum absolute atomic E-state index is 3.76. The fourth-order valence-electron chi connectivity index (χ4n) is 2.41. The van der Waals surface area contributed by atoms with Crippen LogP contribution < -0.4 is 5.32 Å². The third kappa shape index (κ3) is 3.10. The lowest BCUT2D eigenvalue weighted by molar-refractivity contribution is 0.326. The van der Waals surface area contributed by atoms with Crippen LogP contribution >= 0.6 is 0 Å². The van der Waals surface area contributed by atoms with Crippen LogP contribution in [0.4, 0.5) is 5.69 Å². The summed E-state index contributed by atoms with van der Waals surface area (Å²) in [6.45, 7) is 7.13. The molecule has 1 aliphatic heterocycles. The zero-order valence-electron chi connectivity index (χ0n) is 10.7. The number of hydrogen-bond donors (Lipinski definition) is 1. The van der Waals surface area contributed by atoms with E-state index in [1.165, 1.54) is 17.7 Å². The Labute approximate surface area is 104 Å². The molecule has 0 aliphatic carbocycles. The van der Waals surface area contributed by atoms with E-state index in [-0.39, 0.29) is 0 Å². The standard InChI is InChI=1S/C15H22N2/c1-3-4-10-17(2)11-9-13-12-16-15-8-6-5-7-14(13)15/h3,5-8,13,16H,1,4,9-12H2,2H3. The third-order valence-corrected chi connectivity index (χ3v) is 3.51. The summed E-state index contributed by atoms with van der Waals surface area (Å²) in [5.74, 6) is 0.678. The van der Waals surface area contributed by atoms with Crippen molar-refractivity contribution in [3.63, 3.8) is 0 Å². The molecule has 2 nitrogen and oxygen atoms in total. The van der Waals surface area contributed by atoms with E-state index in [0.29, 0.717) is 5.92 Å². The highest BCUT2D eigenvalue weighted by molar-refractivity contribution is 5.57. The van der Waals surface area contributed by atoms with Crippen molar-refractivity contribution in [1.29, 1.82) is 0 Å². The number of nitrogens with zero attached hydrogens (tertiary/aromatic N) is 1. The van der Waals surface area contributed by atoms with Crippen molar-refractivity contribution in [2.45, 2.75) is 18.8 Å². The van der Waals surface area contributed by atoms with E-state index >= 15 is 0 Å². The molecule has 92 valence electrons. The number of anilines is 1. The second kappa shape index (κ2) is 5.87. The third-order valence-electron chi connectivity index (χ3n) is 3.51. The predicted octanol–water partition coefficient (Wildman–Crippen LogP) is 3.09. The molecule has 0 bridgehead atoms. The molecule has 17 heavy (non-hydrogen) atoms. The molecular weight excluding hydrogens is 208 g/mol. The Morgan fingerprint density at radius 2 is 2.24 bits per heavy atom. The van der Waals surface area contributed by atoms with Crippen LogP contribution in [-0.2, 0) is 0 Å². The van der Waals surface area contributed by atoms with Gasteiger partial charge in [-0.1, -0.05) is 24.3 Å². The second-order valence-electron chi connectivity index (χ2n) is 4.83. The van der Waals surface area contributed by atoms with Gasteiger partial charge in [-0.2, -0.15) is 0 Å². The van der Waals surface area contributed by atoms with Gasteiger partial charge in [-0.25, -0.2) is 0 Å². The average molecular weight is 230 g/mol. The highest BCUT2D eigenvalue weighted by atomic mass is 15.1. The Kier molecular flexibility index (Phi) is 4.21. The van der Waals surface area contributed by atoms with Gasteiger partial charge in [0, 0.05) is 24.7 Å². The van der Waals surface area contributed by atoms with Gasteiger partial charge in [-0.3, -0.25) is 0 Å². The van der Waals surface area contributed by atoms with E-state index in [0.717, 1.165) is 26.1 Å². The fraction of sp³-hybridized carbons (Fsp3) is 0.467. The van der Waals surface area contributed by atoms with Gasteiger partial charge in [0.05, 0.1) is 0 Å². The topological polar surface area (TPSA) is 15.3 Å². The van der Waals surface area contributed by atoms with Gasteiger partial charge in [-0.05, 0) is 38.1 Å². The summed E-state index contributed by atoms with van der Waals surface area (Å²) in [5.41, 5.74) is 2.82. The summed E-state index contributed by atoms with van der Waals surface area (Å²) in [5, 5.41) is 3.48. The lowest BCUT2D eigenvalue weighted by Gasteiger charge is -2.18. The van der Waals surface area contributed by atoms with Crippen LogP contribution in [-0.4, -0.2) is 31.6 Å². The molecule has 1 aliphatic rings.